The molecule has 1 N–H and O–H groups in total. The molecule has 1 aromatic carbocycles. The van der Waals surface area contributed by atoms with Crippen LogP contribution in [0.25, 0.3) is 0 Å². The van der Waals surface area contributed by atoms with E-state index < -0.39 is 5.97 Å². The second-order valence-corrected chi connectivity index (χ2v) is 5.96. The molecule has 1 amide bonds. The zero-order valence-electron chi connectivity index (χ0n) is 13.6. The van der Waals surface area contributed by atoms with Crippen LogP contribution in [0.2, 0.25) is 0 Å². The normalized spacial score (nSPS) is 14.9. The molecule has 1 unspecified atom stereocenters. The van der Waals surface area contributed by atoms with Crippen LogP contribution in [-0.4, -0.2) is 30.1 Å². The van der Waals surface area contributed by atoms with Gasteiger partial charge in [-0.05, 0) is 49.9 Å². The highest BCUT2D eigenvalue weighted by atomic mass is 16.5. The zero-order chi connectivity index (χ0) is 17.3. The van der Waals surface area contributed by atoms with Gasteiger partial charge in [0.2, 0.25) is 0 Å². The van der Waals surface area contributed by atoms with Crippen molar-refractivity contribution in [3.63, 3.8) is 0 Å². The molecule has 126 valence electrons. The van der Waals surface area contributed by atoms with E-state index in [-0.39, 0.29) is 23.3 Å². The number of carboxylic acids is 1. The topological polar surface area (TPSA) is 80.0 Å². The van der Waals surface area contributed by atoms with Gasteiger partial charge in [0.1, 0.15) is 12.0 Å². The molecule has 1 saturated carbocycles. The summed E-state index contributed by atoms with van der Waals surface area (Å²) in [5, 5.41) is 9.00. The maximum atomic E-state index is 12.9. The van der Waals surface area contributed by atoms with Crippen LogP contribution in [0.15, 0.2) is 41.0 Å². The predicted octanol–water partition coefficient (Wildman–Crippen LogP) is 3.43. The van der Waals surface area contributed by atoms with E-state index in [0.717, 1.165) is 24.8 Å². The first-order valence-electron chi connectivity index (χ1n) is 7.80. The molecule has 1 heterocycles. The van der Waals surface area contributed by atoms with E-state index in [9.17, 15) is 9.59 Å². The van der Waals surface area contributed by atoms with Gasteiger partial charge in [-0.1, -0.05) is 0 Å². The molecule has 6 nitrogen and oxygen atoms in total. The van der Waals surface area contributed by atoms with Gasteiger partial charge >= 0.3 is 5.97 Å². The van der Waals surface area contributed by atoms with Crippen molar-refractivity contribution in [1.82, 2.24) is 0 Å². The van der Waals surface area contributed by atoms with Crippen molar-refractivity contribution in [2.45, 2.75) is 25.8 Å². The maximum absolute atomic E-state index is 12.9. The molecule has 0 saturated heterocycles. The van der Waals surface area contributed by atoms with Gasteiger partial charge in [-0.15, -0.1) is 0 Å². The number of hydrogen-bond acceptors (Lipinski definition) is 4. The Bertz CT molecular complexity index is 745. The number of nitrogens with zero attached hydrogens (tertiary/aromatic N) is 1. The van der Waals surface area contributed by atoms with Gasteiger partial charge in [0.05, 0.1) is 12.7 Å². The molecule has 1 atom stereocenters. The summed E-state index contributed by atoms with van der Waals surface area (Å²) in [6.07, 6.45) is 3.25. The van der Waals surface area contributed by atoms with E-state index in [2.05, 4.69) is 0 Å². The molecule has 24 heavy (non-hydrogen) atoms. The zero-order valence-corrected chi connectivity index (χ0v) is 13.6. The van der Waals surface area contributed by atoms with Crippen LogP contribution in [0, 0.1) is 5.92 Å². The summed E-state index contributed by atoms with van der Waals surface area (Å²) in [5.74, 6) is -0.284. The number of amides is 1. The average molecular weight is 329 g/mol. The highest BCUT2D eigenvalue weighted by Gasteiger charge is 2.36. The third kappa shape index (κ3) is 3.13. The molecule has 3 rings (SSSR count). The van der Waals surface area contributed by atoms with Crippen molar-refractivity contribution in [1.29, 1.82) is 0 Å². The number of hydrogen-bond donors (Lipinski definition) is 1. The summed E-state index contributed by atoms with van der Waals surface area (Å²) in [6.45, 7) is 2.00. The highest BCUT2D eigenvalue weighted by molar-refractivity contribution is 6.05. The third-order valence-corrected chi connectivity index (χ3v) is 4.34. The largest absolute Gasteiger partial charge is 0.497 e. The summed E-state index contributed by atoms with van der Waals surface area (Å²) >= 11 is 0. The molecule has 1 aromatic heterocycles. The Kier molecular flexibility index (Phi) is 4.29. The molecule has 1 aliphatic carbocycles. The monoisotopic (exact) mass is 329 g/mol. The van der Waals surface area contributed by atoms with Crippen molar-refractivity contribution in [3.8, 4) is 5.75 Å². The minimum atomic E-state index is -1.12. The number of ether oxygens (including phenoxy) is 1. The molecule has 0 bridgehead atoms. The van der Waals surface area contributed by atoms with E-state index in [1.807, 2.05) is 19.1 Å². The Morgan fingerprint density at radius 1 is 1.29 bits per heavy atom. The van der Waals surface area contributed by atoms with E-state index in [4.69, 9.17) is 14.3 Å². The van der Waals surface area contributed by atoms with Crippen LogP contribution in [0.5, 0.6) is 5.75 Å². The number of anilines is 1. The number of carbonyl (C=O) groups is 2. The summed E-state index contributed by atoms with van der Waals surface area (Å²) in [6, 6.07) is 8.48. The smallest absolute Gasteiger partial charge is 0.338 e. The van der Waals surface area contributed by atoms with Crippen molar-refractivity contribution in [2.24, 2.45) is 5.92 Å². The summed E-state index contributed by atoms with van der Waals surface area (Å²) in [7, 11) is 1.58. The molecule has 1 aliphatic rings. The second kappa shape index (κ2) is 6.39. The fourth-order valence-corrected chi connectivity index (χ4v) is 2.75. The predicted molar refractivity (Wildman–Crippen MR) is 87.7 cm³/mol. The van der Waals surface area contributed by atoms with Crippen LogP contribution in [-0.2, 0) is 0 Å². The Labute approximate surface area is 139 Å². The molecular weight excluding hydrogens is 310 g/mol. The minimum absolute atomic E-state index is 0.00396. The first kappa shape index (κ1) is 16.1. The highest BCUT2D eigenvalue weighted by Crippen LogP contribution is 2.38. The van der Waals surface area contributed by atoms with Gasteiger partial charge in [0.15, 0.2) is 5.76 Å². The van der Waals surface area contributed by atoms with E-state index in [1.165, 1.54) is 6.07 Å². The van der Waals surface area contributed by atoms with E-state index in [0.29, 0.717) is 11.7 Å². The van der Waals surface area contributed by atoms with Gasteiger partial charge in [0, 0.05) is 17.8 Å². The van der Waals surface area contributed by atoms with Crippen LogP contribution >= 0.6 is 0 Å². The van der Waals surface area contributed by atoms with Crippen molar-refractivity contribution in [3.05, 3.63) is 47.9 Å². The Balaban J connectivity index is 1.93. The first-order chi connectivity index (χ1) is 11.5. The number of aromatic carboxylic acids is 1. The SMILES string of the molecule is COc1ccc(N(C(=O)c2cc(C(=O)O)co2)C(C)C2CC2)cc1. The standard InChI is InChI=1S/C18H19NO5/c1-11(12-3-4-12)19(14-5-7-15(23-2)8-6-14)17(20)16-9-13(10-24-16)18(21)22/h5-12H,3-4H2,1-2H3,(H,21,22). The molecular formula is C18H19NO5. The lowest BCUT2D eigenvalue weighted by atomic mass is 10.1. The van der Waals surface area contributed by atoms with Crippen molar-refractivity contribution < 1.29 is 23.8 Å². The lowest BCUT2D eigenvalue weighted by molar-refractivity contribution is 0.0696. The van der Waals surface area contributed by atoms with Crippen LogP contribution in [0.3, 0.4) is 0 Å². The van der Waals surface area contributed by atoms with Gasteiger partial charge in [-0.2, -0.15) is 0 Å². The number of carboxylic acid groups (broad SMARTS) is 1. The fraction of sp³-hybridized carbons (Fsp3) is 0.333. The lowest BCUT2D eigenvalue weighted by Gasteiger charge is -2.29. The number of rotatable bonds is 6. The second-order valence-electron chi connectivity index (χ2n) is 5.96. The first-order valence-corrected chi connectivity index (χ1v) is 7.80. The summed E-state index contributed by atoms with van der Waals surface area (Å²) in [5.41, 5.74) is 0.695. The molecule has 2 aromatic rings. The average Bonchev–Trinajstić information content (AvgIpc) is 3.31. The Morgan fingerprint density at radius 3 is 2.46 bits per heavy atom. The number of benzene rings is 1. The van der Waals surface area contributed by atoms with Crippen LogP contribution < -0.4 is 9.64 Å². The lowest BCUT2D eigenvalue weighted by Crippen LogP contribution is -2.40. The van der Waals surface area contributed by atoms with Gasteiger partial charge in [-0.3, -0.25) is 4.79 Å². The van der Waals surface area contributed by atoms with Crippen molar-refractivity contribution >= 4 is 17.6 Å². The Morgan fingerprint density at radius 2 is 1.96 bits per heavy atom. The van der Waals surface area contributed by atoms with Gasteiger partial charge < -0.3 is 19.2 Å². The third-order valence-electron chi connectivity index (χ3n) is 4.34. The number of carbonyl (C=O) groups excluding carboxylic acids is 1. The molecule has 0 aliphatic heterocycles. The summed E-state index contributed by atoms with van der Waals surface area (Å²) < 4.78 is 10.3. The fourth-order valence-electron chi connectivity index (χ4n) is 2.75. The van der Waals surface area contributed by atoms with Gasteiger partial charge in [-0.25, -0.2) is 4.79 Å². The van der Waals surface area contributed by atoms with Crippen LogP contribution in [0.4, 0.5) is 5.69 Å². The summed E-state index contributed by atoms with van der Waals surface area (Å²) in [4.78, 5) is 25.6. The Hall–Kier alpha value is -2.76. The molecule has 0 spiro atoms. The minimum Gasteiger partial charge on any atom is -0.497 e. The quantitative estimate of drug-likeness (QED) is 0.878. The van der Waals surface area contributed by atoms with E-state index >= 15 is 0 Å². The van der Waals surface area contributed by atoms with Crippen LogP contribution in [0.1, 0.15) is 40.7 Å². The van der Waals surface area contributed by atoms with Crippen molar-refractivity contribution in [2.75, 3.05) is 12.0 Å². The molecule has 0 radical (unpaired) electrons. The van der Waals surface area contributed by atoms with E-state index in [1.54, 1.807) is 24.1 Å². The molecule has 1 fully saturated rings. The van der Waals surface area contributed by atoms with Gasteiger partial charge in [0.25, 0.3) is 5.91 Å². The number of methoxy groups -OCH3 is 1. The molecule has 6 heteroatoms. The number of furan rings is 1. The maximum Gasteiger partial charge on any atom is 0.338 e.